The fourth-order valence-electron chi connectivity index (χ4n) is 3.94. The molecule has 1 aliphatic heterocycles. The molecule has 2 N–H and O–H groups in total. The van der Waals surface area contributed by atoms with E-state index in [2.05, 4.69) is 10.3 Å². The summed E-state index contributed by atoms with van der Waals surface area (Å²) in [6.45, 7) is 1.42. The van der Waals surface area contributed by atoms with Crippen LogP contribution in [0, 0.1) is 11.2 Å². The molecule has 2 aliphatic rings. The zero-order chi connectivity index (χ0) is 15.2. The lowest BCUT2D eigenvalue weighted by molar-refractivity contribution is 0.0668. The summed E-state index contributed by atoms with van der Waals surface area (Å²) < 4.78 is 19.5. The molecule has 0 radical (unpaired) electrons. The monoisotopic (exact) mass is 302 g/mol. The number of rotatable bonds is 3. The van der Waals surface area contributed by atoms with E-state index < -0.39 is 0 Å². The number of hydrogen-bond donors (Lipinski definition) is 2. The molecule has 0 spiro atoms. The molecule has 22 heavy (non-hydrogen) atoms. The maximum atomic E-state index is 13.7. The second-order valence-corrected chi connectivity index (χ2v) is 6.43. The van der Waals surface area contributed by atoms with Crippen LogP contribution in [0.2, 0.25) is 0 Å². The number of fused-ring (bicyclic) bond motifs is 2. The molecular formula is C17H19FN2O2. The maximum absolute atomic E-state index is 13.7. The summed E-state index contributed by atoms with van der Waals surface area (Å²) in [5.41, 5.74) is 1.16. The predicted molar refractivity (Wildman–Crippen MR) is 81.2 cm³/mol. The van der Waals surface area contributed by atoms with Crippen LogP contribution in [-0.2, 0) is 4.74 Å². The molecule has 4 rings (SSSR count). The first-order chi connectivity index (χ1) is 10.7. The standard InChI is InChI=1S/C17H19FN2O2/c18-12-3-1-4-13-11(12)9-14(20-13)16(21)19-10-17-6-2-5-15(17)22-8-7-17/h1,3-4,9,15,20H,2,5-8,10H2,(H,19,21)/t15-,17-/m1/s1. The average molecular weight is 302 g/mol. The van der Waals surface area contributed by atoms with Gasteiger partial charge in [-0.2, -0.15) is 0 Å². The third-order valence-corrected chi connectivity index (χ3v) is 5.20. The van der Waals surface area contributed by atoms with Gasteiger partial charge in [-0.15, -0.1) is 0 Å². The van der Waals surface area contributed by atoms with Gasteiger partial charge in [0.05, 0.1) is 6.10 Å². The molecule has 2 aromatic rings. The Kier molecular flexibility index (Phi) is 3.18. The molecule has 1 aromatic carbocycles. The molecule has 116 valence electrons. The van der Waals surface area contributed by atoms with Gasteiger partial charge in [0.2, 0.25) is 0 Å². The molecule has 2 heterocycles. The van der Waals surface area contributed by atoms with Crippen molar-refractivity contribution in [3.63, 3.8) is 0 Å². The molecule has 1 aliphatic carbocycles. The fraction of sp³-hybridized carbons (Fsp3) is 0.471. The molecule has 1 saturated carbocycles. The predicted octanol–water partition coefficient (Wildman–Crippen LogP) is 3.00. The van der Waals surface area contributed by atoms with Crippen LogP contribution in [-0.4, -0.2) is 30.1 Å². The van der Waals surface area contributed by atoms with Gasteiger partial charge >= 0.3 is 0 Å². The minimum absolute atomic E-state index is 0.104. The summed E-state index contributed by atoms with van der Waals surface area (Å²) in [6, 6.07) is 6.38. The van der Waals surface area contributed by atoms with Gasteiger partial charge in [-0.05, 0) is 37.5 Å². The normalized spacial score (nSPS) is 27.2. The highest BCUT2D eigenvalue weighted by Gasteiger charge is 2.47. The van der Waals surface area contributed by atoms with E-state index >= 15 is 0 Å². The molecule has 0 unspecified atom stereocenters. The van der Waals surface area contributed by atoms with Crippen molar-refractivity contribution < 1.29 is 13.9 Å². The Morgan fingerprint density at radius 1 is 1.45 bits per heavy atom. The SMILES string of the molecule is O=C(NC[C@]12CCC[C@H]1OCC2)c1cc2c(F)cccc2[nH]1. The summed E-state index contributed by atoms with van der Waals surface area (Å²) in [4.78, 5) is 15.3. The molecule has 4 nitrogen and oxygen atoms in total. The molecule has 1 saturated heterocycles. The lowest BCUT2D eigenvalue weighted by Gasteiger charge is -2.27. The zero-order valence-corrected chi connectivity index (χ0v) is 12.3. The Morgan fingerprint density at radius 2 is 2.36 bits per heavy atom. The van der Waals surface area contributed by atoms with E-state index in [1.807, 2.05) is 0 Å². The van der Waals surface area contributed by atoms with Gasteiger partial charge in [-0.3, -0.25) is 4.79 Å². The van der Waals surface area contributed by atoms with Gasteiger partial charge in [0.1, 0.15) is 11.5 Å². The van der Waals surface area contributed by atoms with E-state index in [0.717, 1.165) is 32.3 Å². The van der Waals surface area contributed by atoms with Gasteiger partial charge in [0, 0.05) is 29.5 Å². The molecule has 5 heteroatoms. The molecule has 0 bridgehead atoms. The summed E-state index contributed by atoms with van der Waals surface area (Å²) in [5, 5.41) is 3.46. The van der Waals surface area contributed by atoms with Crippen LogP contribution >= 0.6 is 0 Å². The topological polar surface area (TPSA) is 54.1 Å². The van der Waals surface area contributed by atoms with E-state index in [1.165, 1.54) is 6.07 Å². The second-order valence-electron chi connectivity index (χ2n) is 6.43. The number of ether oxygens (including phenoxy) is 1. The van der Waals surface area contributed by atoms with Crippen molar-refractivity contribution in [2.75, 3.05) is 13.2 Å². The number of aromatic amines is 1. The van der Waals surface area contributed by atoms with Crippen LogP contribution in [0.5, 0.6) is 0 Å². The van der Waals surface area contributed by atoms with Crippen LogP contribution < -0.4 is 5.32 Å². The fourth-order valence-corrected chi connectivity index (χ4v) is 3.94. The van der Waals surface area contributed by atoms with E-state index in [1.54, 1.807) is 18.2 Å². The van der Waals surface area contributed by atoms with Crippen LogP contribution in [0.1, 0.15) is 36.2 Å². The number of halogens is 1. The Hall–Kier alpha value is -1.88. The van der Waals surface area contributed by atoms with Gasteiger partial charge in [-0.1, -0.05) is 12.5 Å². The number of H-pyrrole nitrogens is 1. The number of hydrogen-bond acceptors (Lipinski definition) is 2. The Morgan fingerprint density at radius 3 is 3.23 bits per heavy atom. The van der Waals surface area contributed by atoms with Crippen LogP contribution in [0.3, 0.4) is 0 Å². The summed E-state index contributed by atoms with van der Waals surface area (Å²) in [7, 11) is 0. The first kappa shape index (κ1) is 13.8. The molecule has 1 amide bonds. The second kappa shape index (κ2) is 5.09. The van der Waals surface area contributed by atoms with Crippen molar-refractivity contribution in [1.29, 1.82) is 0 Å². The Balaban J connectivity index is 1.50. The van der Waals surface area contributed by atoms with Gasteiger partial charge < -0.3 is 15.0 Å². The van der Waals surface area contributed by atoms with E-state index in [-0.39, 0.29) is 23.2 Å². The summed E-state index contributed by atoms with van der Waals surface area (Å²) >= 11 is 0. The van der Waals surface area contributed by atoms with Crippen molar-refractivity contribution >= 4 is 16.8 Å². The Labute approximate surface area is 128 Å². The van der Waals surface area contributed by atoms with Crippen LogP contribution in [0.25, 0.3) is 10.9 Å². The van der Waals surface area contributed by atoms with Gasteiger partial charge in [0.25, 0.3) is 5.91 Å². The average Bonchev–Trinajstić information content (AvgIpc) is 3.18. The van der Waals surface area contributed by atoms with Gasteiger partial charge in [-0.25, -0.2) is 4.39 Å². The van der Waals surface area contributed by atoms with Gasteiger partial charge in [0.15, 0.2) is 0 Å². The number of amides is 1. The highest BCUT2D eigenvalue weighted by Crippen LogP contribution is 2.46. The number of nitrogens with one attached hydrogen (secondary N) is 2. The lowest BCUT2D eigenvalue weighted by atomic mass is 9.83. The van der Waals surface area contributed by atoms with E-state index in [9.17, 15) is 9.18 Å². The highest BCUT2D eigenvalue weighted by molar-refractivity contribution is 5.98. The lowest BCUT2D eigenvalue weighted by Crippen LogP contribution is -2.39. The van der Waals surface area contributed by atoms with Crippen molar-refractivity contribution in [2.45, 2.75) is 31.8 Å². The number of carbonyl (C=O) groups is 1. The first-order valence-corrected chi connectivity index (χ1v) is 7.85. The molecule has 2 atom stereocenters. The number of benzene rings is 1. The molecule has 1 aromatic heterocycles. The quantitative estimate of drug-likeness (QED) is 0.916. The smallest absolute Gasteiger partial charge is 0.267 e. The minimum Gasteiger partial charge on any atom is -0.378 e. The maximum Gasteiger partial charge on any atom is 0.267 e. The van der Waals surface area contributed by atoms with Crippen molar-refractivity contribution in [2.24, 2.45) is 5.41 Å². The number of aromatic nitrogens is 1. The highest BCUT2D eigenvalue weighted by atomic mass is 19.1. The Bertz CT molecular complexity index is 715. The third kappa shape index (κ3) is 2.11. The first-order valence-electron chi connectivity index (χ1n) is 7.85. The zero-order valence-electron chi connectivity index (χ0n) is 12.3. The summed E-state index contributed by atoms with van der Waals surface area (Å²) in [6.07, 6.45) is 4.66. The largest absolute Gasteiger partial charge is 0.378 e. The molecular weight excluding hydrogens is 283 g/mol. The van der Waals surface area contributed by atoms with Crippen molar-refractivity contribution in [1.82, 2.24) is 10.3 Å². The van der Waals surface area contributed by atoms with Crippen LogP contribution in [0.4, 0.5) is 4.39 Å². The molecule has 2 fully saturated rings. The van der Waals surface area contributed by atoms with Crippen molar-refractivity contribution in [3.05, 3.63) is 35.8 Å². The number of carbonyl (C=O) groups excluding carboxylic acids is 1. The summed E-state index contributed by atoms with van der Waals surface area (Å²) in [5.74, 6) is -0.492. The van der Waals surface area contributed by atoms with Crippen LogP contribution in [0.15, 0.2) is 24.3 Å². The third-order valence-electron chi connectivity index (χ3n) is 5.20. The minimum atomic E-state index is -0.313. The van der Waals surface area contributed by atoms with Crippen molar-refractivity contribution in [3.8, 4) is 0 Å². The van der Waals surface area contributed by atoms with E-state index in [0.29, 0.717) is 23.1 Å². The van der Waals surface area contributed by atoms with E-state index in [4.69, 9.17) is 4.74 Å².